The Bertz CT molecular complexity index is 914. The van der Waals surface area contributed by atoms with Gasteiger partial charge in [0.05, 0.1) is 24.3 Å². The highest BCUT2D eigenvalue weighted by Crippen LogP contribution is 2.36. The molecular formula is C32H48F6N2O2. The fraction of sp³-hybridized carbons (Fsp3) is 0.594. The Morgan fingerprint density at radius 3 is 1.67 bits per heavy atom. The summed E-state index contributed by atoms with van der Waals surface area (Å²) in [5, 5.41) is 8.84. The Balaban J connectivity index is 0.000000645. The van der Waals surface area contributed by atoms with Gasteiger partial charge in [0.2, 0.25) is 0 Å². The lowest BCUT2D eigenvalue weighted by atomic mass is 9.98. The number of ketones is 1. The lowest BCUT2D eigenvalue weighted by Gasteiger charge is -2.36. The third-order valence-electron chi connectivity index (χ3n) is 6.40. The SMILES string of the molecule is CC.CC(=O)CN1CCC(N(C)CCO)CC1.CC(C)CCc1cc(C(F)(F)F)cc(C(F)(F)F)c1.c1ccccc1. The molecule has 1 N–H and O–H groups in total. The molecule has 0 bridgehead atoms. The van der Waals surface area contributed by atoms with Crippen LogP contribution in [-0.4, -0.2) is 66.6 Å². The van der Waals surface area contributed by atoms with Crippen molar-refractivity contribution >= 4 is 5.78 Å². The van der Waals surface area contributed by atoms with E-state index in [9.17, 15) is 31.1 Å². The van der Waals surface area contributed by atoms with Gasteiger partial charge in [0.15, 0.2) is 0 Å². The molecule has 1 fully saturated rings. The summed E-state index contributed by atoms with van der Waals surface area (Å²) in [4.78, 5) is 15.4. The van der Waals surface area contributed by atoms with E-state index in [-0.39, 0.29) is 36.4 Å². The summed E-state index contributed by atoms with van der Waals surface area (Å²) in [5.41, 5.74) is -2.43. The van der Waals surface area contributed by atoms with Gasteiger partial charge in [0, 0.05) is 25.7 Å². The molecule has 1 saturated heterocycles. The topological polar surface area (TPSA) is 43.8 Å². The van der Waals surface area contributed by atoms with Crippen LogP contribution in [0.2, 0.25) is 0 Å². The summed E-state index contributed by atoms with van der Waals surface area (Å²) in [7, 11) is 2.06. The molecule has 0 aliphatic carbocycles. The van der Waals surface area contributed by atoms with Gasteiger partial charge in [-0.25, -0.2) is 0 Å². The molecule has 0 atom stereocenters. The highest BCUT2D eigenvalue weighted by atomic mass is 19.4. The van der Waals surface area contributed by atoms with E-state index >= 15 is 0 Å². The average Bonchev–Trinajstić information content (AvgIpc) is 2.94. The highest BCUT2D eigenvalue weighted by molar-refractivity contribution is 5.77. The zero-order chi connectivity index (χ0) is 32.3. The number of benzene rings is 2. The van der Waals surface area contributed by atoms with E-state index in [1.165, 1.54) is 0 Å². The predicted octanol–water partition coefficient (Wildman–Crippen LogP) is 7.99. The van der Waals surface area contributed by atoms with Crippen LogP contribution in [0.1, 0.15) is 70.6 Å². The molecule has 0 spiro atoms. The van der Waals surface area contributed by atoms with Crippen LogP contribution in [0.15, 0.2) is 54.6 Å². The first kappa shape index (κ1) is 39.6. The molecule has 10 heteroatoms. The molecule has 0 unspecified atom stereocenters. The van der Waals surface area contributed by atoms with E-state index in [0.29, 0.717) is 19.0 Å². The number of nitrogens with zero attached hydrogens (tertiary/aromatic N) is 2. The Morgan fingerprint density at radius 1 is 0.905 bits per heavy atom. The lowest BCUT2D eigenvalue weighted by Crippen LogP contribution is -2.45. The fourth-order valence-corrected chi connectivity index (χ4v) is 4.18. The molecular weight excluding hydrogens is 558 g/mol. The minimum Gasteiger partial charge on any atom is -0.395 e. The molecule has 2 aromatic carbocycles. The average molecular weight is 607 g/mol. The summed E-state index contributed by atoms with van der Waals surface area (Å²) in [6.07, 6.45) is -6.60. The molecule has 1 aliphatic rings. The number of piperidine rings is 1. The number of hydrogen-bond acceptors (Lipinski definition) is 4. The van der Waals surface area contributed by atoms with E-state index in [1.54, 1.807) is 6.92 Å². The maximum absolute atomic E-state index is 12.6. The van der Waals surface area contributed by atoms with Gasteiger partial charge in [-0.05, 0) is 69.3 Å². The fourth-order valence-electron chi connectivity index (χ4n) is 4.18. The quantitative estimate of drug-likeness (QED) is 0.310. The largest absolute Gasteiger partial charge is 0.416 e. The number of likely N-dealkylation sites (tertiary alicyclic amines) is 1. The molecule has 4 nitrogen and oxygen atoms in total. The van der Waals surface area contributed by atoms with Crippen LogP contribution in [0.5, 0.6) is 0 Å². The molecule has 42 heavy (non-hydrogen) atoms. The number of alkyl halides is 6. The Labute approximate surface area is 247 Å². The number of carbonyl (C=O) groups excluding carboxylic acids is 1. The molecule has 0 amide bonds. The van der Waals surface area contributed by atoms with Gasteiger partial charge in [-0.1, -0.05) is 64.1 Å². The first-order valence-electron chi connectivity index (χ1n) is 14.4. The third kappa shape index (κ3) is 17.5. The number of aliphatic hydroxyl groups is 1. The molecule has 2 aromatic rings. The number of Topliss-reactive ketones (excluding diaryl/α,β-unsaturated/α-hetero) is 1. The van der Waals surface area contributed by atoms with E-state index in [4.69, 9.17) is 5.11 Å². The van der Waals surface area contributed by atoms with Crippen molar-refractivity contribution in [2.75, 3.05) is 39.8 Å². The summed E-state index contributed by atoms with van der Waals surface area (Å²) in [6.45, 7) is 12.9. The van der Waals surface area contributed by atoms with Crippen molar-refractivity contribution in [3.63, 3.8) is 0 Å². The van der Waals surface area contributed by atoms with Crippen LogP contribution >= 0.6 is 0 Å². The highest BCUT2D eigenvalue weighted by Gasteiger charge is 2.36. The van der Waals surface area contributed by atoms with Gasteiger partial charge in [-0.15, -0.1) is 0 Å². The normalized spacial score (nSPS) is 14.3. The predicted molar refractivity (Wildman–Crippen MR) is 157 cm³/mol. The van der Waals surface area contributed by atoms with Gasteiger partial charge < -0.3 is 10.0 Å². The summed E-state index contributed by atoms with van der Waals surface area (Å²) < 4.78 is 75.4. The molecule has 1 heterocycles. The first-order valence-corrected chi connectivity index (χ1v) is 14.4. The van der Waals surface area contributed by atoms with E-state index < -0.39 is 23.5 Å². The van der Waals surface area contributed by atoms with Crippen molar-refractivity contribution in [2.24, 2.45) is 5.92 Å². The Morgan fingerprint density at radius 2 is 1.33 bits per heavy atom. The summed E-state index contributed by atoms with van der Waals surface area (Å²) in [5.74, 6) is 0.459. The second-order valence-corrected chi connectivity index (χ2v) is 10.4. The van der Waals surface area contributed by atoms with Crippen LogP contribution in [0.3, 0.4) is 0 Å². The van der Waals surface area contributed by atoms with Gasteiger partial charge in [0.25, 0.3) is 0 Å². The van der Waals surface area contributed by atoms with Crippen LogP contribution < -0.4 is 0 Å². The van der Waals surface area contributed by atoms with Crippen molar-refractivity contribution in [1.29, 1.82) is 0 Å². The van der Waals surface area contributed by atoms with Crippen molar-refractivity contribution in [3.8, 4) is 0 Å². The minimum atomic E-state index is -4.77. The Hall–Kier alpha value is -2.43. The first-order chi connectivity index (χ1) is 19.6. The van der Waals surface area contributed by atoms with Gasteiger partial charge >= 0.3 is 12.4 Å². The van der Waals surface area contributed by atoms with Gasteiger partial charge in [-0.2, -0.15) is 26.3 Å². The lowest BCUT2D eigenvalue weighted by molar-refractivity contribution is -0.143. The number of halogens is 6. The van der Waals surface area contributed by atoms with Crippen LogP contribution in [0.25, 0.3) is 0 Å². The van der Waals surface area contributed by atoms with Crippen molar-refractivity contribution in [2.45, 2.75) is 78.7 Å². The molecule has 240 valence electrons. The van der Waals surface area contributed by atoms with Gasteiger partial charge in [0.1, 0.15) is 5.78 Å². The molecule has 1 aliphatic heterocycles. The van der Waals surface area contributed by atoms with Crippen molar-refractivity contribution < 1.29 is 36.2 Å². The zero-order valence-electron chi connectivity index (χ0n) is 25.7. The smallest absolute Gasteiger partial charge is 0.395 e. The number of rotatable bonds is 8. The second kappa shape index (κ2) is 20.5. The maximum Gasteiger partial charge on any atom is 0.416 e. The van der Waals surface area contributed by atoms with Gasteiger partial charge in [-0.3, -0.25) is 9.69 Å². The van der Waals surface area contributed by atoms with Crippen molar-refractivity contribution in [1.82, 2.24) is 9.80 Å². The Kier molecular flexibility index (Phi) is 19.3. The molecule has 3 rings (SSSR count). The molecule has 0 aromatic heterocycles. The summed E-state index contributed by atoms with van der Waals surface area (Å²) in [6, 6.07) is 14.3. The van der Waals surface area contributed by atoms with E-state index in [2.05, 4.69) is 16.8 Å². The van der Waals surface area contributed by atoms with Crippen LogP contribution in [-0.2, 0) is 23.6 Å². The standard InChI is InChI=1S/C13H14F6.C11H22N2O2.C6H6.C2H6/c1-8(2)3-4-9-5-10(12(14,15)16)7-11(6-9)13(17,18)19;1-10(15)9-13-5-3-11(4-6-13)12(2)7-8-14;1-2-4-6-5-3-1;1-2/h5-8H,3-4H2,1-2H3;11,14H,3-9H2,1-2H3;1-6H;1-2H3. The number of aryl methyl sites for hydroxylation is 1. The third-order valence-corrected chi connectivity index (χ3v) is 6.40. The van der Waals surface area contributed by atoms with Crippen LogP contribution in [0, 0.1) is 5.92 Å². The molecule has 0 radical (unpaired) electrons. The summed E-state index contributed by atoms with van der Waals surface area (Å²) >= 11 is 0. The van der Waals surface area contributed by atoms with E-state index in [0.717, 1.165) is 44.6 Å². The molecule has 0 saturated carbocycles. The monoisotopic (exact) mass is 606 g/mol. The minimum absolute atomic E-state index is 0.0656. The zero-order valence-corrected chi connectivity index (χ0v) is 25.7. The number of carbonyl (C=O) groups is 1. The number of hydrogen-bond donors (Lipinski definition) is 1. The number of likely N-dealkylation sites (N-methyl/N-ethyl adjacent to an activating group) is 1. The van der Waals surface area contributed by atoms with Crippen molar-refractivity contribution in [3.05, 3.63) is 71.3 Å². The van der Waals surface area contributed by atoms with Crippen LogP contribution in [0.4, 0.5) is 26.3 Å². The second-order valence-electron chi connectivity index (χ2n) is 10.4. The van der Waals surface area contributed by atoms with E-state index in [1.807, 2.05) is 64.1 Å². The number of aliphatic hydroxyl groups excluding tert-OH is 1. The maximum atomic E-state index is 12.6.